The van der Waals surface area contributed by atoms with Crippen molar-refractivity contribution in [2.24, 2.45) is 0 Å². The van der Waals surface area contributed by atoms with Crippen molar-refractivity contribution in [3.05, 3.63) is 83.4 Å². The van der Waals surface area contributed by atoms with E-state index in [0.29, 0.717) is 36.2 Å². The third-order valence-corrected chi connectivity index (χ3v) is 10.6. The Morgan fingerprint density at radius 2 is 1.67 bits per heavy atom. The molecule has 3 fully saturated rings. The number of imide groups is 1. The first-order valence-electron chi connectivity index (χ1n) is 19.1. The predicted molar refractivity (Wildman–Crippen MR) is 204 cm³/mol. The Balaban J connectivity index is 0.000000197. The molecule has 3 aromatic heterocycles. The van der Waals surface area contributed by atoms with Crippen LogP contribution in [0, 0.1) is 0 Å². The predicted octanol–water partition coefficient (Wildman–Crippen LogP) is 7.57. The van der Waals surface area contributed by atoms with E-state index in [2.05, 4.69) is 51.6 Å². The zero-order chi connectivity index (χ0) is 39.3. The molecule has 294 valence electrons. The van der Waals surface area contributed by atoms with Gasteiger partial charge in [-0.2, -0.15) is 13.2 Å². The Hall–Kier alpha value is -4.98. The number of halogens is 3. The molecule has 7 rings (SSSR count). The summed E-state index contributed by atoms with van der Waals surface area (Å²) in [7, 11) is 4.29. The molecule has 2 N–H and O–H groups in total. The fourth-order valence-corrected chi connectivity index (χ4v) is 7.59. The minimum atomic E-state index is -4.60. The monoisotopic (exact) mass is 761 g/mol. The smallest absolute Gasteiger partial charge is 0.433 e. The van der Waals surface area contributed by atoms with E-state index in [-0.39, 0.29) is 35.2 Å². The van der Waals surface area contributed by atoms with Gasteiger partial charge in [-0.25, -0.2) is 9.97 Å². The zero-order valence-corrected chi connectivity index (χ0v) is 31.9. The Morgan fingerprint density at radius 3 is 2.35 bits per heavy atom. The summed E-state index contributed by atoms with van der Waals surface area (Å²) in [4.78, 5) is 49.3. The summed E-state index contributed by atoms with van der Waals surface area (Å²) in [6, 6.07) is 14.0. The third-order valence-electron chi connectivity index (χ3n) is 10.6. The number of piperidine rings is 2. The summed E-state index contributed by atoms with van der Waals surface area (Å²) in [6.45, 7) is 5.75. The number of pyridine rings is 2. The number of hydrogen-bond donors (Lipinski definition) is 2. The molecule has 4 aromatic rings. The van der Waals surface area contributed by atoms with E-state index in [0.717, 1.165) is 56.1 Å². The van der Waals surface area contributed by atoms with Crippen LogP contribution in [-0.2, 0) is 15.8 Å². The highest BCUT2D eigenvalue weighted by Crippen LogP contribution is 2.34. The van der Waals surface area contributed by atoms with Crippen molar-refractivity contribution in [1.29, 1.82) is 0 Å². The van der Waals surface area contributed by atoms with E-state index in [1.807, 2.05) is 32.2 Å². The van der Waals surface area contributed by atoms with Gasteiger partial charge < -0.3 is 24.3 Å². The molecule has 11 nitrogen and oxygen atoms in total. The van der Waals surface area contributed by atoms with Gasteiger partial charge in [0.05, 0.1) is 23.3 Å². The van der Waals surface area contributed by atoms with Gasteiger partial charge in [-0.1, -0.05) is 37.5 Å². The van der Waals surface area contributed by atoms with Gasteiger partial charge in [0.25, 0.3) is 5.91 Å². The quantitative estimate of drug-likeness (QED) is 0.177. The average Bonchev–Trinajstić information content (AvgIpc) is 3.58. The van der Waals surface area contributed by atoms with Crippen LogP contribution in [0.5, 0.6) is 5.75 Å². The number of alkyl halides is 3. The summed E-state index contributed by atoms with van der Waals surface area (Å²) in [5, 5.41) is 4.90. The number of fused-ring (bicyclic) bond motifs is 1. The van der Waals surface area contributed by atoms with Crippen molar-refractivity contribution in [1.82, 2.24) is 24.6 Å². The number of imidazole rings is 1. The summed E-state index contributed by atoms with van der Waals surface area (Å²) < 4.78 is 46.5. The van der Waals surface area contributed by atoms with Crippen LogP contribution in [0.25, 0.3) is 5.65 Å². The van der Waals surface area contributed by atoms with E-state index < -0.39 is 17.8 Å². The van der Waals surface area contributed by atoms with Crippen LogP contribution < -0.4 is 20.3 Å². The fourth-order valence-electron chi connectivity index (χ4n) is 7.59. The molecule has 1 atom stereocenters. The van der Waals surface area contributed by atoms with E-state index in [1.165, 1.54) is 37.1 Å². The summed E-state index contributed by atoms with van der Waals surface area (Å²) in [5.74, 6) is -0.608. The number of carbonyl (C=O) groups excluding carboxylic acids is 3. The normalized spacial score (nSPS) is 18.6. The number of amides is 3. The number of nitrogens with zero attached hydrogens (tertiary/aromatic N) is 5. The SMILES string of the molecule is CC(C)Oc1cc2nc(C3CCCCC3)cn2cc1C(=O)Nc1cccc(C(F)(F)F)n1.CN(C)C1CCN(c2cccc(C3CCC(=O)NC3=O)c2)CC1. The molecule has 1 aromatic carbocycles. The Labute approximate surface area is 319 Å². The lowest BCUT2D eigenvalue weighted by molar-refractivity contribution is -0.141. The number of ether oxygens (including phenoxy) is 1. The maximum Gasteiger partial charge on any atom is 0.433 e. The van der Waals surface area contributed by atoms with Crippen molar-refractivity contribution >= 4 is 34.9 Å². The Kier molecular flexibility index (Phi) is 12.4. The molecule has 1 aliphatic carbocycles. The van der Waals surface area contributed by atoms with Crippen molar-refractivity contribution < 1.29 is 32.3 Å². The second-order valence-corrected chi connectivity index (χ2v) is 15.1. The zero-order valence-electron chi connectivity index (χ0n) is 31.9. The number of anilines is 2. The summed E-state index contributed by atoms with van der Waals surface area (Å²) in [6.07, 6.45) is 7.86. The molecule has 0 spiro atoms. The highest BCUT2D eigenvalue weighted by atomic mass is 19.4. The molecule has 1 unspecified atom stereocenters. The number of benzene rings is 1. The lowest BCUT2D eigenvalue weighted by Gasteiger charge is -2.36. The highest BCUT2D eigenvalue weighted by molar-refractivity contribution is 6.06. The van der Waals surface area contributed by atoms with E-state index in [9.17, 15) is 27.6 Å². The third kappa shape index (κ3) is 10.0. The maximum atomic E-state index is 13.0. The largest absolute Gasteiger partial charge is 0.490 e. The molecule has 5 heterocycles. The first-order valence-corrected chi connectivity index (χ1v) is 19.1. The minimum absolute atomic E-state index is 0.159. The second kappa shape index (κ2) is 17.2. The van der Waals surface area contributed by atoms with E-state index in [1.54, 1.807) is 16.7 Å². The first-order chi connectivity index (χ1) is 26.2. The van der Waals surface area contributed by atoms with Crippen molar-refractivity contribution in [3.8, 4) is 5.75 Å². The number of aromatic nitrogens is 3. The molecule has 1 saturated carbocycles. The number of nitrogens with one attached hydrogen (secondary N) is 2. The molecule has 14 heteroatoms. The molecular formula is C41H50F3N7O4. The molecule has 2 aliphatic heterocycles. The number of hydrogen-bond acceptors (Lipinski definition) is 8. The van der Waals surface area contributed by atoms with Gasteiger partial charge in [0.15, 0.2) is 0 Å². The number of rotatable bonds is 8. The van der Waals surface area contributed by atoms with Gasteiger partial charge in [-0.05, 0) is 89.9 Å². The maximum absolute atomic E-state index is 13.0. The van der Waals surface area contributed by atoms with Crippen molar-refractivity contribution in [2.45, 2.75) is 102 Å². The topological polar surface area (TPSA) is 121 Å². The lowest BCUT2D eigenvalue weighted by atomic mass is 9.87. The van der Waals surface area contributed by atoms with Crippen LogP contribution in [0.1, 0.15) is 111 Å². The molecule has 2 saturated heterocycles. The van der Waals surface area contributed by atoms with Crippen molar-refractivity contribution in [3.63, 3.8) is 0 Å². The van der Waals surface area contributed by atoms with Gasteiger partial charge in [0.1, 0.15) is 22.9 Å². The van der Waals surface area contributed by atoms with Gasteiger partial charge >= 0.3 is 6.18 Å². The van der Waals surface area contributed by atoms with Crippen LogP contribution in [0.4, 0.5) is 24.7 Å². The highest BCUT2D eigenvalue weighted by Gasteiger charge is 2.33. The van der Waals surface area contributed by atoms with E-state index >= 15 is 0 Å². The Bertz CT molecular complexity index is 1980. The fraction of sp³-hybridized carbons (Fsp3) is 0.488. The van der Waals surface area contributed by atoms with Crippen LogP contribution >= 0.6 is 0 Å². The molecule has 3 aliphatic rings. The Morgan fingerprint density at radius 1 is 0.945 bits per heavy atom. The van der Waals surface area contributed by atoms with Crippen LogP contribution in [0.3, 0.4) is 0 Å². The van der Waals surface area contributed by atoms with Gasteiger partial charge in [-0.3, -0.25) is 19.7 Å². The molecule has 3 amide bonds. The lowest BCUT2D eigenvalue weighted by Crippen LogP contribution is -2.42. The van der Waals surface area contributed by atoms with E-state index in [4.69, 9.17) is 9.72 Å². The minimum Gasteiger partial charge on any atom is -0.490 e. The molecule has 0 radical (unpaired) electrons. The van der Waals surface area contributed by atoms with Gasteiger partial charge in [0, 0.05) is 55.6 Å². The molecular weight excluding hydrogens is 711 g/mol. The van der Waals surface area contributed by atoms with Gasteiger partial charge in [0.2, 0.25) is 11.8 Å². The van der Waals surface area contributed by atoms with Crippen LogP contribution in [-0.4, -0.2) is 76.3 Å². The molecule has 0 bridgehead atoms. The average molecular weight is 762 g/mol. The van der Waals surface area contributed by atoms with Gasteiger partial charge in [-0.15, -0.1) is 0 Å². The summed E-state index contributed by atoms with van der Waals surface area (Å²) >= 11 is 0. The van der Waals surface area contributed by atoms with Crippen LogP contribution in [0.2, 0.25) is 0 Å². The van der Waals surface area contributed by atoms with Crippen LogP contribution in [0.15, 0.2) is 60.9 Å². The number of carbonyl (C=O) groups is 3. The molecule has 55 heavy (non-hydrogen) atoms. The van der Waals surface area contributed by atoms with Crippen molar-refractivity contribution in [2.75, 3.05) is 37.4 Å². The second-order valence-electron chi connectivity index (χ2n) is 15.1. The summed E-state index contributed by atoms with van der Waals surface area (Å²) in [5.41, 5.74) is 2.97. The first kappa shape index (κ1) is 39.7. The standard InChI is InChI=1S/C23H25F3N4O2.C18H25N3O2/c1-14(2)32-18-11-21-27-17(15-7-4-3-5-8-15)13-30(21)12-16(18)22(31)29-20-10-6-9-19(28-20)23(24,25)26;1-20(2)14-8-10-21(11-9-14)15-5-3-4-13(12-15)16-6-7-17(22)19-18(16)23/h6,9-15H,3-5,7-8H2,1-2H3,(H,28,29,31);3-5,12,14,16H,6-11H2,1-2H3,(H,19,22,23).